The first kappa shape index (κ1) is 8.02. The average Bonchev–Trinajstić information content (AvgIpc) is 1.88. The van der Waals surface area contributed by atoms with Gasteiger partial charge in [0.1, 0.15) is 0 Å². The fourth-order valence-electron chi connectivity index (χ4n) is 1.72. The van der Waals surface area contributed by atoms with E-state index in [9.17, 15) is 0 Å². The maximum Gasteiger partial charge on any atom is 0.0491 e. The van der Waals surface area contributed by atoms with Gasteiger partial charge in [-0.15, -0.1) is 0 Å². The molecule has 0 unspecified atom stereocenters. The summed E-state index contributed by atoms with van der Waals surface area (Å²) in [5.74, 6) is 0.730. The third-order valence-corrected chi connectivity index (χ3v) is 2.23. The molecule has 0 radical (unpaired) electrons. The zero-order valence-electron chi connectivity index (χ0n) is 6.68. The minimum absolute atomic E-state index is 0.439. The van der Waals surface area contributed by atoms with Crippen molar-refractivity contribution in [3.8, 4) is 0 Å². The highest BCUT2D eigenvalue weighted by atomic mass is 16.5. The number of methoxy groups -OCH3 is 1. The maximum atomic E-state index is 5.80. The first-order chi connectivity index (χ1) is 4.83. The predicted molar refractivity (Wildman–Crippen MR) is 41.8 cm³/mol. The highest BCUT2D eigenvalue weighted by molar-refractivity contribution is 4.74. The van der Waals surface area contributed by atoms with Gasteiger partial charge in [-0.1, -0.05) is 6.42 Å². The minimum atomic E-state index is 0.439. The van der Waals surface area contributed by atoms with Gasteiger partial charge in [-0.3, -0.25) is 0 Å². The molecule has 1 fully saturated rings. The van der Waals surface area contributed by atoms with Crippen LogP contribution < -0.4 is 5.73 Å². The van der Waals surface area contributed by atoms with Crippen molar-refractivity contribution in [2.45, 2.75) is 31.7 Å². The van der Waals surface area contributed by atoms with E-state index in [1.165, 1.54) is 19.3 Å². The maximum absolute atomic E-state index is 5.80. The van der Waals surface area contributed by atoms with E-state index in [0.717, 1.165) is 18.9 Å². The molecule has 60 valence electrons. The van der Waals surface area contributed by atoms with Crippen LogP contribution in [0.1, 0.15) is 25.7 Å². The molecule has 0 spiro atoms. The van der Waals surface area contributed by atoms with Gasteiger partial charge in [0.25, 0.3) is 0 Å². The summed E-state index contributed by atoms with van der Waals surface area (Å²) in [6, 6.07) is 0.439. The standard InChI is InChI=1S/C8H17NO/c1-10-6-7-3-2-4-8(9)5-7/h7-8H,2-6,9H2,1H3/t7-,8-/m1/s1. The van der Waals surface area contributed by atoms with E-state index in [0.29, 0.717) is 6.04 Å². The van der Waals surface area contributed by atoms with Crippen LogP contribution in [0.15, 0.2) is 0 Å². The number of rotatable bonds is 2. The van der Waals surface area contributed by atoms with Crippen LogP contribution in [0.2, 0.25) is 0 Å². The molecule has 10 heavy (non-hydrogen) atoms. The molecular formula is C8H17NO. The zero-order chi connectivity index (χ0) is 7.40. The molecule has 0 heterocycles. The summed E-state index contributed by atoms with van der Waals surface area (Å²) in [6.07, 6.45) is 4.96. The Hall–Kier alpha value is -0.0800. The molecule has 0 bridgehead atoms. The van der Waals surface area contributed by atoms with Crippen LogP contribution in [0.3, 0.4) is 0 Å². The molecule has 0 aliphatic heterocycles. The molecule has 1 aliphatic carbocycles. The zero-order valence-corrected chi connectivity index (χ0v) is 6.68. The van der Waals surface area contributed by atoms with Gasteiger partial charge in [-0.2, -0.15) is 0 Å². The van der Waals surface area contributed by atoms with Gasteiger partial charge in [-0.05, 0) is 25.2 Å². The predicted octanol–water partition coefficient (Wildman–Crippen LogP) is 1.15. The second-order valence-corrected chi connectivity index (χ2v) is 3.25. The molecule has 0 aromatic rings. The summed E-state index contributed by atoms with van der Waals surface area (Å²) in [5, 5.41) is 0. The topological polar surface area (TPSA) is 35.2 Å². The summed E-state index contributed by atoms with van der Waals surface area (Å²) in [4.78, 5) is 0. The molecule has 0 amide bonds. The lowest BCUT2D eigenvalue weighted by atomic mass is 9.87. The average molecular weight is 143 g/mol. The van der Waals surface area contributed by atoms with Gasteiger partial charge < -0.3 is 10.5 Å². The van der Waals surface area contributed by atoms with Gasteiger partial charge in [0.05, 0.1) is 0 Å². The molecule has 1 aliphatic rings. The lowest BCUT2D eigenvalue weighted by molar-refractivity contribution is 0.126. The molecular weight excluding hydrogens is 126 g/mol. The van der Waals surface area contributed by atoms with Crippen LogP contribution in [-0.2, 0) is 4.74 Å². The Bertz CT molecular complexity index is 93.3. The van der Waals surface area contributed by atoms with Crippen molar-refractivity contribution in [3.63, 3.8) is 0 Å². The van der Waals surface area contributed by atoms with Crippen molar-refractivity contribution in [2.24, 2.45) is 11.7 Å². The quantitative estimate of drug-likeness (QED) is 0.629. The van der Waals surface area contributed by atoms with Crippen molar-refractivity contribution in [3.05, 3.63) is 0 Å². The third kappa shape index (κ3) is 2.27. The molecule has 2 N–H and O–H groups in total. The first-order valence-electron chi connectivity index (χ1n) is 4.07. The van der Waals surface area contributed by atoms with Gasteiger partial charge in [0.15, 0.2) is 0 Å². The Labute approximate surface area is 62.7 Å². The number of ether oxygens (including phenoxy) is 1. The molecule has 1 rings (SSSR count). The van der Waals surface area contributed by atoms with Gasteiger partial charge in [0.2, 0.25) is 0 Å². The molecule has 0 aromatic carbocycles. The first-order valence-corrected chi connectivity index (χ1v) is 4.07. The summed E-state index contributed by atoms with van der Waals surface area (Å²) in [6.45, 7) is 0.897. The van der Waals surface area contributed by atoms with E-state index in [1.54, 1.807) is 7.11 Å². The number of hydrogen-bond acceptors (Lipinski definition) is 2. The van der Waals surface area contributed by atoms with Gasteiger partial charge in [-0.25, -0.2) is 0 Å². The summed E-state index contributed by atoms with van der Waals surface area (Å²) >= 11 is 0. The summed E-state index contributed by atoms with van der Waals surface area (Å²) < 4.78 is 5.07. The van der Waals surface area contributed by atoms with E-state index < -0.39 is 0 Å². The minimum Gasteiger partial charge on any atom is -0.384 e. The molecule has 0 aromatic heterocycles. The van der Waals surface area contributed by atoms with Gasteiger partial charge >= 0.3 is 0 Å². The Balaban J connectivity index is 2.18. The Morgan fingerprint density at radius 2 is 2.30 bits per heavy atom. The van der Waals surface area contributed by atoms with E-state index in [1.807, 2.05) is 0 Å². The van der Waals surface area contributed by atoms with Crippen molar-refractivity contribution < 1.29 is 4.74 Å². The van der Waals surface area contributed by atoms with E-state index in [-0.39, 0.29) is 0 Å². The number of hydrogen-bond donors (Lipinski definition) is 1. The second-order valence-electron chi connectivity index (χ2n) is 3.25. The second kappa shape index (κ2) is 3.94. The Morgan fingerprint density at radius 3 is 2.90 bits per heavy atom. The van der Waals surface area contributed by atoms with Crippen molar-refractivity contribution in [2.75, 3.05) is 13.7 Å². The lowest BCUT2D eigenvalue weighted by Crippen LogP contribution is -2.29. The Morgan fingerprint density at radius 1 is 1.50 bits per heavy atom. The molecule has 0 saturated heterocycles. The summed E-state index contributed by atoms with van der Waals surface area (Å²) in [7, 11) is 1.76. The highest BCUT2D eigenvalue weighted by Crippen LogP contribution is 2.22. The van der Waals surface area contributed by atoms with Crippen LogP contribution in [-0.4, -0.2) is 19.8 Å². The molecule has 2 nitrogen and oxygen atoms in total. The molecule has 2 atom stereocenters. The van der Waals surface area contributed by atoms with Crippen molar-refractivity contribution in [1.82, 2.24) is 0 Å². The fraction of sp³-hybridized carbons (Fsp3) is 1.00. The normalized spacial score (nSPS) is 34.2. The lowest BCUT2D eigenvalue weighted by Gasteiger charge is -2.25. The van der Waals surface area contributed by atoms with Gasteiger partial charge in [0, 0.05) is 19.8 Å². The monoisotopic (exact) mass is 143 g/mol. The van der Waals surface area contributed by atoms with Crippen molar-refractivity contribution in [1.29, 1.82) is 0 Å². The van der Waals surface area contributed by atoms with Crippen LogP contribution in [0.5, 0.6) is 0 Å². The molecule has 1 saturated carbocycles. The fourth-order valence-corrected chi connectivity index (χ4v) is 1.72. The van der Waals surface area contributed by atoms with Crippen LogP contribution in [0.25, 0.3) is 0 Å². The van der Waals surface area contributed by atoms with E-state index >= 15 is 0 Å². The van der Waals surface area contributed by atoms with Crippen LogP contribution in [0.4, 0.5) is 0 Å². The SMILES string of the molecule is COC[C@@H]1CCC[C@@H](N)C1. The van der Waals surface area contributed by atoms with Crippen LogP contribution >= 0.6 is 0 Å². The smallest absolute Gasteiger partial charge is 0.0491 e. The van der Waals surface area contributed by atoms with Crippen molar-refractivity contribution >= 4 is 0 Å². The third-order valence-electron chi connectivity index (χ3n) is 2.23. The van der Waals surface area contributed by atoms with E-state index in [4.69, 9.17) is 10.5 Å². The largest absolute Gasteiger partial charge is 0.384 e. The van der Waals surface area contributed by atoms with E-state index in [2.05, 4.69) is 0 Å². The molecule has 2 heteroatoms. The van der Waals surface area contributed by atoms with Crippen LogP contribution in [0, 0.1) is 5.92 Å². The Kier molecular flexibility index (Phi) is 3.16. The highest BCUT2D eigenvalue weighted by Gasteiger charge is 2.18. The number of nitrogens with two attached hydrogens (primary N) is 1. The summed E-state index contributed by atoms with van der Waals surface area (Å²) in [5.41, 5.74) is 5.80.